The van der Waals surface area contributed by atoms with Gasteiger partial charge in [-0.1, -0.05) is 13.0 Å². The minimum absolute atomic E-state index is 0.0394. The first kappa shape index (κ1) is 16.2. The number of hydrogen-bond donors (Lipinski definition) is 1. The van der Waals surface area contributed by atoms with Crippen molar-refractivity contribution < 1.29 is 21.2 Å². The predicted octanol–water partition coefficient (Wildman–Crippen LogP) is 0.606. The summed E-state index contributed by atoms with van der Waals surface area (Å²) in [4.78, 5) is -0.325. The highest BCUT2D eigenvalue weighted by Gasteiger charge is 2.38. The molecule has 0 aliphatic carbocycles. The van der Waals surface area contributed by atoms with Crippen molar-refractivity contribution in [1.82, 2.24) is 4.31 Å². The summed E-state index contributed by atoms with van der Waals surface area (Å²) >= 11 is 0. The molecule has 9 heteroatoms. The van der Waals surface area contributed by atoms with E-state index in [2.05, 4.69) is 0 Å². The second kappa shape index (κ2) is 5.54. The molecule has 0 radical (unpaired) electrons. The van der Waals surface area contributed by atoms with Crippen molar-refractivity contribution in [2.45, 2.75) is 24.3 Å². The van der Waals surface area contributed by atoms with Crippen LogP contribution in [0.15, 0.2) is 23.1 Å². The molecule has 2 N–H and O–H groups in total. The molecule has 0 amide bonds. The Bertz CT molecular complexity index is 747. The van der Waals surface area contributed by atoms with Crippen molar-refractivity contribution in [2.24, 2.45) is 0 Å². The van der Waals surface area contributed by atoms with Crippen LogP contribution in [0, 0.1) is 5.82 Å². The molecule has 0 aromatic heterocycles. The molecular formula is C12H17FN2O4S2. The van der Waals surface area contributed by atoms with Gasteiger partial charge in [-0.3, -0.25) is 0 Å². The van der Waals surface area contributed by atoms with Crippen molar-refractivity contribution >= 4 is 25.5 Å². The highest BCUT2D eigenvalue weighted by molar-refractivity contribution is 7.92. The first-order chi connectivity index (χ1) is 9.69. The van der Waals surface area contributed by atoms with Gasteiger partial charge in [0.05, 0.1) is 17.2 Å². The number of sulfonamides is 1. The third kappa shape index (κ3) is 3.04. The molecule has 1 heterocycles. The van der Waals surface area contributed by atoms with Crippen LogP contribution in [0.4, 0.5) is 10.1 Å². The van der Waals surface area contributed by atoms with Crippen molar-refractivity contribution in [2.75, 3.05) is 23.8 Å². The number of para-hydroxylation sites is 1. The maximum atomic E-state index is 13.5. The van der Waals surface area contributed by atoms with Crippen molar-refractivity contribution in [1.29, 1.82) is 0 Å². The molecule has 118 valence electrons. The number of rotatable bonds is 4. The summed E-state index contributed by atoms with van der Waals surface area (Å²) in [7, 11) is -7.26. The van der Waals surface area contributed by atoms with Gasteiger partial charge in [0, 0.05) is 12.6 Å². The Balaban J connectivity index is 2.44. The van der Waals surface area contributed by atoms with Crippen LogP contribution in [0.5, 0.6) is 0 Å². The molecule has 2 rings (SSSR count). The van der Waals surface area contributed by atoms with Gasteiger partial charge in [-0.05, 0) is 18.6 Å². The highest BCUT2D eigenvalue weighted by atomic mass is 32.2. The lowest BCUT2D eigenvalue weighted by Crippen LogP contribution is -2.41. The van der Waals surface area contributed by atoms with Crippen molar-refractivity contribution in [3.8, 4) is 0 Å². The van der Waals surface area contributed by atoms with Crippen LogP contribution >= 0.6 is 0 Å². The fourth-order valence-electron chi connectivity index (χ4n) is 2.50. The molecule has 21 heavy (non-hydrogen) atoms. The molecule has 1 fully saturated rings. The SMILES string of the molecule is CCN(C1CCS(=O)(=O)C1)S(=O)(=O)c1cccc(F)c1N. The average Bonchev–Trinajstić information content (AvgIpc) is 2.73. The zero-order chi connectivity index (χ0) is 15.8. The molecular weight excluding hydrogens is 319 g/mol. The lowest BCUT2D eigenvalue weighted by Gasteiger charge is -2.26. The molecule has 0 spiro atoms. The summed E-state index contributed by atoms with van der Waals surface area (Å²) in [6, 6.07) is 2.93. The molecule has 1 aromatic carbocycles. The molecule has 0 saturated carbocycles. The van der Waals surface area contributed by atoms with Crippen LogP contribution in [0.2, 0.25) is 0 Å². The Labute approximate surface area is 123 Å². The number of sulfone groups is 1. The van der Waals surface area contributed by atoms with Gasteiger partial charge < -0.3 is 5.73 Å². The zero-order valence-corrected chi connectivity index (χ0v) is 13.1. The number of nitrogens with two attached hydrogens (primary N) is 1. The van der Waals surface area contributed by atoms with E-state index in [4.69, 9.17) is 5.73 Å². The average molecular weight is 336 g/mol. The van der Waals surface area contributed by atoms with Gasteiger partial charge in [0.25, 0.3) is 0 Å². The van der Waals surface area contributed by atoms with Gasteiger partial charge in [-0.15, -0.1) is 0 Å². The van der Waals surface area contributed by atoms with Gasteiger partial charge in [-0.25, -0.2) is 21.2 Å². The van der Waals surface area contributed by atoms with E-state index in [1.54, 1.807) is 6.92 Å². The fraction of sp³-hybridized carbons (Fsp3) is 0.500. The van der Waals surface area contributed by atoms with Crippen molar-refractivity contribution in [3.63, 3.8) is 0 Å². The minimum Gasteiger partial charge on any atom is -0.395 e. The standard InChI is InChI=1S/C12H17FN2O4S2/c1-2-15(9-6-7-20(16,17)8-9)21(18,19)11-5-3-4-10(13)12(11)14/h3-5,9H,2,6-8,14H2,1H3. The molecule has 1 atom stereocenters. The maximum absolute atomic E-state index is 13.5. The number of hydrogen-bond acceptors (Lipinski definition) is 5. The summed E-state index contributed by atoms with van der Waals surface area (Å²) in [5, 5.41) is 0. The lowest BCUT2D eigenvalue weighted by atomic mass is 10.3. The van der Waals surface area contributed by atoms with Crippen LogP contribution < -0.4 is 5.73 Å². The summed E-state index contributed by atoms with van der Waals surface area (Å²) < 4.78 is 62.9. The Morgan fingerprint density at radius 1 is 1.43 bits per heavy atom. The molecule has 1 aliphatic heterocycles. The van der Waals surface area contributed by atoms with E-state index in [9.17, 15) is 21.2 Å². The third-order valence-corrected chi connectivity index (χ3v) is 7.36. The predicted molar refractivity (Wildman–Crippen MR) is 77.4 cm³/mol. The molecule has 1 unspecified atom stereocenters. The van der Waals surface area contributed by atoms with Crippen LogP contribution in [-0.2, 0) is 19.9 Å². The van der Waals surface area contributed by atoms with Gasteiger partial charge >= 0.3 is 0 Å². The highest BCUT2D eigenvalue weighted by Crippen LogP contribution is 2.28. The second-order valence-corrected chi connectivity index (χ2v) is 9.00. The van der Waals surface area contributed by atoms with Crippen molar-refractivity contribution in [3.05, 3.63) is 24.0 Å². The fourth-order valence-corrected chi connectivity index (χ4v) is 6.11. The van der Waals surface area contributed by atoms with E-state index in [1.807, 2.05) is 0 Å². The van der Waals surface area contributed by atoms with E-state index < -0.39 is 37.4 Å². The number of benzene rings is 1. The monoisotopic (exact) mass is 336 g/mol. The summed E-state index contributed by atoms with van der Waals surface area (Å²) in [6.07, 6.45) is 0.241. The van der Waals surface area contributed by atoms with E-state index in [0.29, 0.717) is 0 Å². The topological polar surface area (TPSA) is 97.5 Å². The van der Waals surface area contributed by atoms with Crippen LogP contribution in [0.1, 0.15) is 13.3 Å². The molecule has 1 aromatic rings. The lowest BCUT2D eigenvalue weighted by molar-refractivity contribution is 0.354. The Kier molecular flexibility index (Phi) is 4.27. The van der Waals surface area contributed by atoms with E-state index in [0.717, 1.165) is 10.4 Å². The van der Waals surface area contributed by atoms with Crippen LogP contribution in [-0.4, -0.2) is 45.2 Å². The van der Waals surface area contributed by atoms with E-state index >= 15 is 0 Å². The number of nitrogens with zero attached hydrogens (tertiary/aromatic N) is 1. The van der Waals surface area contributed by atoms with Gasteiger partial charge in [0.1, 0.15) is 10.7 Å². The molecule has 1 saturated heterocycles. The maximum Gasteiger partial charge on any atom is 0.245 e. The van der Waals surface area contributed by atoms with Gasteiger partial charge in [0.15, 0.2) is 9.84 Å². The Morgan fingerprint density at radius 2 is 2.10 bits per heavy atom. The Morgan fingerprint density at radius 3 is 2.62 bits per heavy atom. The quantitative estimate of drug-likeness (QED) is 0.812. The van der Waals surface area contributed by atoms with Crippen LogP contribution in [0.25, 0.3) is 0 Å². The normalized spacial score (nSPS) is 21.8. The molecule has 0 bridgehead atoms. The Hall–Kier alpha value is -1.19. The smallest absolute Gasteiger partial charge is 0.245 e. The molecule has 1 aliphatic rings. The summed E-state index contributed by atoms with van der Waals surface area (Å²) in [6.45, 7) is 1.70. The van der Waals surface area contributed by atoms with Gasteiger partial charge in [0.2, 0.25) is 10.0 Å². The van der Waals surface area contributed by atoms with E-state index in [1.165, 1.54) is 12.1 Å². The first-order valence-electron chi connectivity index (χ1n) is 6.45. The molecule has 6 nitrogen and oxygen atoms in total. The van der Waals surface area contributed by atoms with Crippen LogP contribution in [0.3, 0.4) is 0 Å². The van der Waals surface area contributed by atoms with Gasteiger partial charge in [-0.2, -0.15) is 4.31 Å². The number of halogens is 1. The largest absolute Gasteiger partial charge is 0.395 e. The zero-order valence-electron chi connectivity index (χ0n) is 11.5. The summed E-state index contributed by atoms with van der Waals surface area (Å²) in [5.74, 6) is -1.07. The first-order valence-corrected chi connectivity index (χ1v) is 9.71. The summed E-state index contributed by atoms with van der Waals surface area (Å²) in [5.41, 5.74) is 5.07. The second-order valence-electron chi connectivity index (χ2n) is 4.92. The third-order valence-electron chi connectivity index (χ3n) is 3.53. The number of anilines is 1. The number of nitrogen functional groups attached to an aromatic ring is 1. The minimum atomic E-state index is -4.03. The van der Waals surface area contributed by atoms with E-state index in [-0.39, 0.29) is 29.4 Å².